The van der Waals surface area contributed by atoms with Crippen molar-refractivity contribution in [2.45, 2.75) is 25.8 Å². The Morgan fingerprint density at radius 3 is 2.48 bits per heavy atom. The van der Waals surface area contributed by atoms with Crippen LogP contribution in [-0.2, 0) is 12.0 Å². The average molecular weight is 362 g/mol. The van der Waals surface area contributed by atoms with E-state index >= 15 is 0 Å². The van der Waals surface area contributed by atoms with E-state index in [4.69, 9.17) is 9.47 Å². The maximum atomic E-state index is 5.42. The van der Waals surface area contributed by atoms with Crippen LogP contribution in [0.5, 0.6) is 11.5 Å². The molecule has 0 radical (unpaired) electrons. The smallest absolute Gasteiger partial charge is 0.191 e. The summed E-state index contributed by atoms with van der Waals surface area (Å²) in [5.41, 5.74) is 2.33. The summed E-state index contributed by atoms with van der Waals surface area (Å²) in [7, 11) is 5.09. The number of methoxy groups -OCH3 is 2. The highest BCUT2D eigenvalue weighted by Crippen LogP contribution is 2.32. The molecule has 0 saturated carbocycles. The first kappa shape index (κ1) is 19.1. The van der Waals surface area contributed by atoms with Crippen molar-refractivity contribution in [3.8, 4) is 11.5 Å². The van der Waals surface area contributed by atoms with E-state index in [0.717, 1.165) is 30.5 Å². The minimum atomic E-state index is -0.0977. The van der Waals surface area contributed by atoms with Crippen LogP contribution in [0.2, 0.25) is 0 Å². The number of nitrogens with zero attached hydrogens (tertiary/aromatic N) is 1. The molecule has 0 unspecified atom stereocenters. The topological polar surface area (TPSA) is 54.9 Å². The standard InChI is InChI=1S/C19H27N3O2S/c1-19(2,15-6-7-16(23-4)17(10-15)24-5)13-22-18(20-3)21-11-14-8-9-25-12-14/h6-10,12H,11,13H2,1-5H3,(H2,20,21,22). The Balaban J connectivity index is 1.99. The molecule has 136 valence electrons. The van der Waals surface area contributed by atoms with Crippen LogP contribution in [0.1, 0.15) is 25.0 Å². The molecule has 0 spiro atoms. The van der Waals surface area contributed by atoms with E-state index < -0.39 is 0 Å². The molecule has 0 amide bonds. The molecule has 0 aliphatic heterocycles. The maximum Gasteiger partial charge on any atom is 0.191 e. The van der Waals surface area contributed by atoms with E-state index in [1.165, 1.54) is 11.1 Å². The molecular formula is C19H27N3O2S. The van der Waals surface area contributed by atoms with Crippen molar-refractivity contribution in [1.82, 2.24) is 10.6 Å². The summed E-state index contributed by atoms with van der Waals surface area (Å²) in [6.45, 7) is 5.88. The third kappa shape index (κ3) is 5.13. The van der Waals surface area contributed by atoms with E-state index in [1.807, 2.05) is 12.1 Å². The number of hydrogen-bond acceptors (Lipinski definition) is 4. The largest absolute Gasteiger partial charge is 0.493 e. The molecule has 0 fully saturated rings. The molecule has 0 bridgehead atoms. The maximum absolute atomic E-state index is 5.42. The molecule has 25 heavy (non-hydrogen) atoms. The fourth-order valence-corrected chi connectivity index (χ4v) is 3.13. The molecule has 0 saturated heterocycles. The third-order valence-corrected chi connectivity index (χ3v) is 4.86. The molecule has 0 aliphatic carbocycles. The van der Waals surface area contributed by atoms with E-state index in [9.17, 15) is 0 Å². The Hall–Kier alpha value is -2.21. The molecular weight excluding hydrogens is 334 g/mol. The number of benzene rings is 1. The molecule has 6 heteroatoms. The predicted octanol–water partition coefficient (Wildman–Crippen LogP) is 3.41. The monoisotopic (exact) mass is 361 g/mol. The molecule has 2 rings (SSSR count). The van der Waals surface area contributed by atoms with Gasteiger partial charge in [0.05, 0.1) is 14.2 Å². The Bertz CT molecular complexity index is 697. The lowest BCUT2D eigenvalue weighted by atomic mass is 9.84. The number of nitrogens with one attached hydrogen (secondary N) is 2. The second-order valence-electron chi connectivity index (χ2n) is 6.36. The normalized spacial score (nSPS) is 12.0. The number of aliphatic imine (C=N–C) groups is 1. The summed E-state index contributed by atoms with van der Waals surface area (Å²) >= 11 is 1.70. The van der Waals surface area contributed by atoms with Gasteiger partial charge in [0, 0.05) is 25.6 Å². The summed E-state index contributed by atoms with van der Waals surface area (Å²) in [5, 5.41) is 11.0. The molecule has 1 heterocycles. The summed E-state index contributed by atoms with van der Waals surface area (Å²) in [5.74, 6) is 2.27. The molecule has 0 aliphatic rings. The van der Waals surface area contributed by atoms with Gasteiger partial charge in [0.1, 0.15) is 0 Å². The number of ether oxygens (including phenoxy) is 2. The van der Waals surface area contributed by atoms with Gasteiger partial charge in [-0.25, -0.2) is 0 Å². The highest BCUT2D eigenvalue weighted by molar-refractivity contribution is 7.07. The summed E-state index contributed by atoms with van der Waals surface area (Å²) in [6.07, 6.45) is 0. The van der Waals surface area contributed by atoms with E-state index in [-0.39, 0.29) is 5.41 Å². The molecule has 2 aromatic rings. The van der Waals surface area contributed by atoms with Gasteiger partial charge in [0.2, 0.25) is 0 Å². The Morgan fingerprint density at radius 2 is 1.88 bits per heavy atom. The van der Waals surface area contributed by atoms with Gasteiger partial charge in [-0.2, -0.15) is 11.3 Å². The molecule has 2 N–H and O–H groups in total. The number of guanidine groups is 1. The first-order chi connectivity index (χ1) is 12.0. The van der Waals surface area contributed by atoms with Crippen LogP contribution in [0.25, 0.3) is 0 Å². The number of hydrogen-bond donors (Lipinski definition) is 2. The van der Waals surface area contributed by atoms with Crippen LogP contribution in [0.15, 0.2) is 40.0 Å². The molecule has 1 aromatic heterocycles. The van der Waals surface area contributed by atoms with Crippen molar-refractivity contribution in [2.75, 3.05) is 27.8 Å². The van der Waals surface area contributed by atoms with Crippen LogP contribution >= 0.6 is 11.3 Å². The minimum absolute atomic E-state index is 0.0977. The zero-order valence-corrected chi connectivity index (χ0v) is 16.4. The van der Waals surface area contributed by atoms with Gasteiger partial charge in [0.25, 0.3) is 0 Å². The van der Waals surface area contributed by atoms with Gasteiger partial charge in [-0.1, -0.05) is 19.9 Å². The Labute approximate surface area is 154 Å². The highest BCUT2D eigenvalue weighted by Gasteiger charge is 2.22. The van der Waals surface area contributed by atoms with Crippen molar-refractivity contribution in [1.29, 1.82) is 0 Å². The van der Waals surface area contributed by atoms with E-state index in [1.54, 1.807) is 32.6 Å². The summed E-state index contributed by atoms with van der Waals surface area (Å²) in [4.78, 5) is 4.30. The quantitative estimate of drug-likeness (QED) is 0.586. The fourth-order valence-electron chi connectivity index (χ4n) is 2.46. The van der Waals surface area contributed by atoms with Crippen LogP contribution < -0.4 is 20.1 Å². The molecule has 0 atom stereocenters. The van der Waals surface area contributed by atoms with Crippen LogP contribution in [0.4, 0.5) is 0 Å². The average Bonchev–Trinajstić information content (AvgIpc) is 3.14. The van der Waals surface area contributed by atoms with Gasteiger partial charge in [-0.15, -0.1) is 0 Å². The van der Waals surface area contributed by atoms with Gasteiger partial charge in [-0.05, 0) is 40.1 Å². The predicted molar refractivity (Wildman–Crippen MR) is 105 cm³/mol. The second-order valence-corrected chi connectivity index (χ2v) is 7.14. The Morgan fingerprint density at radius 1 is 1.12 bits per heavy atom. The van der Waals surface area contributed by atoms with Gasteiger partial charge in [0.15, 0.2) is 17.5 Å². The van der Waals surface area contributed by atoms with Crippen molar-refractivity contribution in [3.05, 3.63) is 46.2 Å². The first-order valence-corrected chi connectivity index (χ1v) is 9.12. The summed E-state index contributed by atoms with van der Waals surface area (Å²) in [6, 6.07) is 8.16. The van der Waals surface area contributed by atoms with E-state index in [2.05, 4.69) is 52.4 Å². The van der Waals surface area contributed by atoms with Crippen LogP contribution in [0, 0.1) is 0 Å². The number of thiophene rings is 1. The van der Waals surface area contributed by atoms with Crippen molar-refractivity contribution >= 4 is 17.3 Å². The zero-order chi connectivity index (χ0) is 18.3. The third-order valence-electron chi connectivity index (χ3n) is 4.13. The highest BCUT2D eigenvalue weighted by atomic mass is 32.1. The lowest BCUT2D eigenvalue weighted by Gasteiger charge is -2.27. The zero-order valence-electron chi connectivity index (χ0n) is 15.6. The fraction of sp³-hybridized carbons (Fsp3) is 0.421. The summed E-state index contributed by atoms with van der Waals surface area (Å²) < 4.78 is 10.7. The SMILES string of the molecule is CN=C(NCc1ccsc1)NCC(C)(C)c1ccc(OC)c(OC)c1. The lowest BCUT2D eigenvalue weighted by Crippen LogP contribution is -2.43. The van der Waals surface area contributed by atoms with Gasteiger partial charge in [-0.3, -0.25) is 4.99 Å². The van der Waals surface area contributed by atoms with E-state index in [0.29, 0.717) is 0 Å². The van der Waals surface area contributed by atoms with Crippen molar-refractivity contribution < 1.29 is 9.47 Å². The van der Waals surface area contributed by atoms with Gasteiger partial charge >= 0.3 is 0 Å². The van der Waals surface area contributed by atoms with Crippen LogP contribution in [-0.4, -0.2) is 33.8 Å². The number of rotatable bonds is 7. The van der Waals surface area contributed by atoms with Crippen molar-refractivity contribution in [2.24, 2.45) is 4.99 Å². The molecule has 5 nitrogen and oxygen atoms in total. The van der Waals surface area contributed by atoms with Crippen molar-refractivity contribution in [3.63, 3.8) is 0 Å². The molecule has 1 aromatic carbocycles. The van der Waals surface area contributed by atoms with Gasteiger partial charge < -0.3 is 20.1 Å². The van der Waals surface area contributed by atoms with Crippen LogP contribution in [0.3, 0.4) is 0 Å². The Kier molecular flexibility index (Phi) is 6.70. The first-order valence-electron chi connectivity index (χ1n) is 8.18. The minimum Gasteiger partial charge on any atom is -0.493 e. The second kappa shape index (κ2) is 8.76. The lowest BCUT2D eigenvalue weighted by molar-refractivity contribution is 0.353.